The summed E-state index contributed by atoms with van der Waals surface area (Å²) in [5.41, 5.74) is 0. The third-order valence-electron chi connectivity index (χ3n) is 1.76. The Morgan fingerprint density at radius 3 is 1.89 bits per heavy atom. The van der Waals surface area contributed by atoms with Crippen molar-refractivity contribution < 1.29 is 4.74 Å². The maximum atomic E-state index is 5.27. The normalized spacial score (nSPS) is 33.3. The molecule has 1 aliphatic heterocycles. The molecule has 0 spiro atoms. The minimum Gasteiger partial charge on any atom is -0.378 e. The lowest BCUT2D eigenvalue weighted by Gasteiger charge is -2.04. The lowest BCUT2D eigenvalue weighted by atomic mass is 10.1. The standard InChI is InChI=1S/C6H12O.C2H6/c1-5-3-4-7-6(5)2;1-2/h5-6H,3-4H2,1-2H3;1-2H3/t5-,6+;/m1./s1. The van der Waals surface area contributed by atoms with Gasteiger partial charge in [-0.05, 0) is 19.3 Å². The van der Waals surface area contributed by atoms with Crippen LogP contribution in [0.1, 0.15) is 34.1 Å². The van der Waals surface area contributed by atoms with Gasteiger partial charge in [-0.1, -0.05) is 20.8 Å². The van der Waals surface area contributed by atoms with Crippen molar-refractivity contribution >= 4 is 0 Å². The van der Waals surface area contributed by atoms with E-state index in [4.69, 9.17) is 4.74 Å². The van der Waals surface area contributed by atoms with Crippen molar-refractivity contribution in [3.63, 3.8) is 0 Å². The summed E-state index contributed by atoms with van der Waals surface area (Å²) in [6.45, 7) is 9.34. The molecule has 0 aromatic heterocycles. The number of hydrogen-bond acceptors (Lipinski definition) is 1. The van der Waals surface area contributed by atoms with Gasteiger partial charge in [-0.3, -0.25) is 0 Å². The molecule has 1 heteroatoms. The second-order valence-corrected chi connectivity index (χ2v) is 2.34. The fraction of sp³-hybridized carbons (Fsp3) is 1.00. The second kappa shape index (κ2) is 4.80. The zero-order valence-electron chi connectivity index (χ0n) is 6.98. The largest absolute Gasteiger partial charge is 0.378 e. The van der Waals surface area contributed by atoms with Crippen LogP contribution in [0.15, 0.2) is 0 Å². The van der Waals surface area contributed by atoms with E-state index in [0.29, 0.717) is 6.10 Å². The number of rotatable bonds is 0. The molecule has 0 aromatic rings. The SMILES string of the molecule is CC.C[C@@H]1CCO[C@H]1C. The Morgan fingerprint density at radius 1 is 1.22 bits per heavy atom. The molecule has 0 aromatic carbocycles. The Bertz CT molecular complexity index is 53.6. The van der Waals surface area contributed by atoms with Crippen molar-refractivity contribution in [1.82, 2.24) is 0 Å². The lowest BCUT2D eigenvalue weighted by Crippen LogP contribution is -2.05. The van der Waals surface area contributed by atoms with Crippen molar-refractivity contribution in [3.8, 4) is 0 Å². The molecule has 0 amide bonds. The predicted octanol–water partition coefficient (Wildman–Crippen LogP) is 2.46. The topological polar surface area (TPSA) is 9.23 Å². The van der Waals surface area contributed by atoms with Crippen LogP contribution in [0.2, 0.25) is 0 Å². The van der Waals surface area contributed by atoms with Crippen LogP contribution in [0.5, 0.6) is 0 Å². The molecule has 56 valence electrons. The molecule has 0 bridgehead atoms. The zero-order chi connectivity index (χ0) is 7.28. The summed E-state index contributed by atoms with van der Waals surface area (Å²) in [6.07, 6.45) is 1.77. The quantitative estimate of drug-likeness (QED) is 0.489. The van der Waals surface area contributed by atoms with Gasteiger partial charge in [0.2, 0.25) is 0 Å². The summed E-state index contributed by atoms with van der Waals surface area (Å²) in [6, 6.07) is 0. The van der Waals surface area contributed by atoms with E-state index >= 15 is 0 Å². The molecule has 1 fully saturated rings. The van der Waals surface area contributed by atoms with Crippen LogP contribution in [0.4, 0.5) is 0 Å². The first kappa shape index (κ1) is 8.96. The summed E-state index contributed by atoms with van der Waals surface area (Å²) in [7, 11) is 0. The third-order valence-corrected chi connectivity index (χ3v) is 1.76. The molecular formula is C8H18O. The maximum Gasteiger partial charge on any atom is 0.0573 e. The van der Waals surface area contributed by atoms with Gasteiger partial charge in [-0.15, -0.1) is 0 Å². The van der Waals surface area contributed by atoms with Gasteiger partial charge in [0.25, 0.3) is 0 Å². The molecule has 0 radical (unpaired) electrons. The Hall–Kier alpha value is -0.0400. The van der Waals surface area contributed by atoms with Crippen molar-refractivity contribution in [2.45, 2.75) is 40.2 Å². The molecular weight excluding hydrogens is 112 g/mol. The lowest BCUT2D eigenvalue weighted by molar-refractivity contribution is 0.109. The first-order valence-electron chi connectivity index (χ1n) is 3.92. The van der Waals surface area contributed by atoms with E-state index < -0.39 is 0 Å². The van der Waals surface area contributed by atoms with Crippen LogP contribution >= 0.6 is 0 Å². The first-order valence-corrected chi connectivity index (χ1v) is 3.92. The Labute approximate surface area is 58.4 Å². The average molecular weight is 130 g/mol. The van der Waals surface area contributed by atoms with Gasteiger partial charge in [0.1, 0.15) is 0 Å². The van der Waals surface area contributed by atoms with E-state index in [1.807, 2.05) is 13.8 Å². The second-order valence-electron chi connectivity index (χ2n) is 2.34. The van der Waals surface area contributed by atoms with E-state index in [1.165, 1.54) is 6.42 Å². The van der Waals surface area contributed by atoms with Crippen LogP contribution in [0.3, 0.4) is 0 Å². The van der Waals surface area contributed by atoms with Crippen LogP contribution in [-0.2, 0) is 4.74 Å². The van der Waals surface area contributed by atoms with Crippen molar-refractivity contribution in [2.24, 2.45) is 5.92 Å². The molecule has 9 heavy (non-hydrogen) atoms. The smallest absolute Gasteiger partial charge is 0.0573 e. The molecule has 0 unspecified atom stereocenters. The van der Waals surface area contributed by atoms with Crippen LogP contribution in [0.25, 0.3) is 0 Å². The summed E-state index contributed by atoms with van der Waals surface area (Å²) < 4.78 is 5.27. The summed E-state index contributed by atoms with van der Waals surface area (Å²) in [4.78, 5) is 0. The molecule has 1 rings (SSSR count). The molecule has 1 heterocycles. The molecule has 0 saturated carbocycles. The van der Waals surface area contributed by atoms with Crippen LogP contribution < -0.4 is 0 Å². The molecule has 2 atom stereocenters. The van der Waals surface area contributed by atoms with Gasteiger partial charge in [-0.2, -0.15) is 0 Å². The van der Waals surface area contributed by atoms with E-state index in [9.17, 15) is 0 Å². The fourth-order valence-electron chi connectivity index (χ4n) is 0.839. The predicted molar refractivity (Wildman–Crippen MR) is 40.5 cm³/mol. The first-order chi connectivity index (χ1) is 4.30. The van der Waals surface area contributed by atoms with E-state index in [1.54, 1.807) is 0 Å². The van der Waals surface area contributed by atoms with Crippen LogP contribution in [-0.4, -0.2) is 12.7 Å². The molecule has 1 saturated heterocycles. The van der Waals surface area contributed by atoms with Gasteiger partial charge in [-0.25, -0.2) is 0 Å². The zero-order valence-corrected chi connectivity index (χ0v) is 6.98. The Kier molecular flexibility index (Phi) is 4.78. The minimum atomic E-state index is 0.514. The van der Waals surface area contributed by atoms with E-state index in [2.05, 4.69) is 13.8 Å². The monoisotopic (exact) mass is 130 g/mol. The van der Waals surface area contributed by atoms with Crippen molar-refractivity contribution in [2.75, 3.05) is 6.61 Å². The van der Waals surface area contributed by atoms with Crippen molar-refractivity contribution in [3.05, 3.63) is 0 Å². The minimum absolute atomic E-state index is 0.514. The Balaban J connectivity index is 0.000000291. The summed E-state index contributed by atoms with van der Waals surface area (Å²) in [5, 5.41) is 0. The van der Waals surface area contributed by atoms with Gasteiger partial charge >= 0.3 is 0 Å². The van der Waals surface area contributed by atoms with E-state index in [0.717, 1.165) is 12.5 Å². The Morgan fingerprint density at radius 2 is 1.78 bits per heavy atom. The van der Waals surface area contributed by atoms with Gasteiger partial charge in [0.15, 0.2) is 0 Å². The highest BCUT2D eigenvalue weighted by molar-refractivity contribution is 4.66. The third kappa shape index (κ3) is 2.85. The van der Waals surface area contributed by atoms with Crippen LogP contribution in [0, 0.1) is 5.92 Å². The number of hydrogen-bond donors (Lipinski definition) is 0. The van der Waals surface area contributed by atoms with Gasteiger partial charge < -0.3 is 4.74 Å². The van der Waals surface area contributed by atoms with E-state index in [-0.39, 0.29) is 0 Å². The summed E-state index contributed by atoms with van der Waals surface area (Å²) >= 11 is 0. The molecule has 0 N–H and O–H groups in total. The number of ether oxygens (including phenoxy) is 1. The van der Waals surface area contributed by atoms with Crippen molar-refractivity contribution in [1.29, 1.82) is 0 Å². The molecule has 1 nitrogen and oxygen atoms in total. The molecule has 0 aliphatic carbocycles. The van der Waals surface area contributed by atoms with Gasteiger partial charge in [0.05, 0.1) is 6.10 Å². The fourth-order valence-corrected chi connectivity index (χ4v) is 0.839. The average Bonchev–Trinajstić information content (AvgIpc) is 2.23. The maximum absolute atomic E-state index is 5.27. The highest BCUT2D eigenvalue weighted by atomic mass is 16.5. The highest BCUT2D eigenvalue weighted by Crippen LogP contribution is 2.18. The summed E-state index contributed by atoms with van der Waals surface area (Å²) in [5.74, 6) is 0.792. The highest BCUT2D eigenvalue weighted by Gasteiger charge is 2.18. The van der Waals surface area contributed by atoms with Gasteiger partial charge in [0, 0.05) is 6.61 Å². The molecule has 1 aliphatic rings.